The van der Waals surface area contributed by atoms with Gasteiger partial charge in [0.05, 0.1) is 14.2 Å². The van der Waals surface area contributed by atoms with E-state index in [0.29, 0.717) is 109 Å². The fourth-order valence-electron chi connectivity index (χ4n) is 5.89. The Hall–Kier alpha value is -7.34. The van der Waals surface area contributed by atoms with E-state index in [2.05, 4.69) is 54.2 Å². The van der Waals surface area contributed by atoms with Gasteiger partial charge >= 0.3 is 35.8 Å². The molecule has 24 nitrogen and oxygen atoms in total. The lowest BCUT2D eigenvalue weighted by molar-refractivity contribution is -0.134. The summed E-state index contributed by atoms with van der Waals surface area (Å²) in [6, 6.07) is 0.863. The molecule has 0 aliphatic carbocycles. The van der Waals surface area contributed by atoms with Gasteiger partial charge in [-0.25, -0.2) is 38.7 Å². The number of aryl methyl sites for hydroxylation is 2. The Labute approximate surface area is 381 Å². The largest absolute Gasteiger partial charge is 0.480 e. The Bertz CT molecular complexity index is 1790. The monoisotopic (exact) mass is 932 g/mol. The molecule has 4 heterocycles. The molecule has 2 unspecified atom stereocenters. The zero-order chi connectivity index (χ0) is 50.2. The van der Waals surface area contributed by atoms with Crippen LogP contribution in [-0.4, -0.2) is 174 Å². The van der Waals surface area contributed by atoms with Gasteiger partial charge in [0.2, 0.25) is 11.8 Å². The highest BCUT2D eigenvalue weighted by atomic mass is 16.5. The van der Waals surface area contributed by atoms with Crippen molar-refractivity contribution in [1.82, 2.24) is 40.4 Å². The number of carboxylic acids is 6. The molecule has 2 saturated heterocycles. The Balaban J connectivity index is 0.000000871. The third kappa shape index (κ3) is 25.1. The zero-order valence-corrected chi connectivity index (χ0v) is 37.7. The first-order valence-electron chi connectivity index (χ1n) is 20.5. The van der Waals surface area contributed by atoms with Crippen molar-refractivity contribution in [3.63, 3.8) is 0 Å². The Morgan fingerprint density at radius 2 is 0.848 bits per heavy atom. The van der Waals surface area contributed by atoms with E-state index in [0.717, 1.165) is 39.0 Å². The molecule has 2 atom stereocenters. The normalized spacial score (nSPS) is 15.4. The van der Waals surface area contributed by atoms with Gasteiger partial charge in [0.1, 0.15) is 22.8 Å². The lowest BCUT2D eigenvalue weighted by Crippen LogP contribution is -2.40. The summed E-state index contributed by atoms with van der Waals surface area (Å²) in [5, 5.41) is 52.8. The van der Waals surface area contributed by atoms with Gasteiger partial charge in [0, 0.05) is 86.9 Å². The lowest BCUT2D eigenvalue weighted by atomic mass is 10.2. The fraction of sp³-hybridized carbons (Fsp3) is 0.476. The third-order valence-electron chi connectivity index (χ3n) is 9.03. The predicted molar refractivity (Wildman–Crippen MR) is 234 cm³/mol. The summed E-state index contributed by atoms with van der Waals surface area (Å²) in [5.41, 5.74) is 0.798. The Morgan fingerprint density at radius 1 is 0.561 bits per heavy atom. The standard InChI is InChI=1S/2C15H24N4O2.3C4H4O4/c2*1-4-13-16-10-12(15(18-13)21-3)14(20)17-9-11-7-6-8-19(11)5-2;3*5-3(6)1-2-4(7)8/h2*10-11H,4-9H2,1-3H3,(H,17,20);3*1-2H,(H,5,6)(H,7,8)/b;;3*2-1-. The van der Waals surface area contributed by atoms with Crippen LogP contribution in [0, 0.1) is 0 Å². The van der Waals surface area contributed by atoms with Crippen LogP contribution in [0.2, 0.25) is 0 Å². The molecule has 24 heteroatoms. The van der Waals surface area contributed by atoms with E-state index in [1.165, 1.54) is 27.1 Å². The highest BCUT2D eigenvalue weighted by Gasteiger charge is 2.25. The van der Waals surface area contributed by atoms with Gasteiger partial charge in [0.15, 0.2) is 0 Å². The summed E-state index contributed by atoms with van der Waals surface area (Å²) >= 11 is 0. The summed E-state index contributed by atoms with van der Waals surface area (Å²) in [4.78, 5) is 104. The number of methoxy groups -OCH3 is 2. The Morgan fingerprint density at radius 3 is 1.08 bits per heavy atom. The van der Waals surface area contributed by atoms with Crippen LogP contribution in [0.15, 0.2) is 48.8 Å². The first-order chi connectivity index (χ1) is 31.3. The molecule has 2 amide bonds. The van der Waals surface area contributed by atoms with Gasteiger partial charge in [-0.15, -0.1) is 0 Å². The number of ether oxygens (including phenoxy) is 2. The molecular formula is C42H60N8O16. The van der Waals surface area contributed by atoms with E-state index < -0.39 is 35.8 Å². The van der Waals surface area contributed by atoms with Gasteiger partial charge in [-0.1, -0.05) is 27.7 Å². The molecule has 66 heavy (non-hydrogen) atoms. The molecule has 0 radical (unpaired) electrons. The Kier molecular flexibility index (Phi) is 29.5. The number of carboxylic acid groups (broad SMARTS) is 6. The quantitative estimate of drug-likeness (QED) is 0.0985. The van der Waals surface area contributed by atoms with E-state index in [1.807, 2.05) is 13.8 Å². The van der Waals surface area contributed by atoms with Crippen molar-refractivity contribution in [3.05, 3.63) is 71.6 Å². The van der Waals surface area contributed by atoms with Crippen LogP contribution in [-0.2, 0) is 41.6 Å². The van der Waals surface area contributed by atoms with Gasteiger partial charge in [-0.05, 0) is 51.9 Å². The third-order valence-corrected chi connectivity index (χ3v) is 9.03. The van der Waals surface area contributed by atoms with Gasteiger partial charge in [-0.3, -0.25) is 19.4 Å². The maximum atomic E-state index is 12.3. The molecule has 0 aromatic carbocycles. The maximum absolute atomic E-state index is 12.3. The van der Waals surface area contributed by atoms with Crippen molar-refractivity contribution in [2.45, 2.75) is 78.3 Å². The number of likely N-dealkylation sites (tertiary alicyclic amines) is 2. The van der Waals surface area contributed by atoms with Crippen LogP contribution in [0.5, 0.6) is 11.8 Å². The molecule has 364 valence electrons. The SMILES string of the molecule is CCc1ncc(C(=O)NCC2CCCN2CC)c(OC)n1.CCc1ncc(C(=O)NCC2CCCN2CC)c(OC)n1.O=C(O)/C=C\C(=O)O.O=C(O)/C=C\C(=O)O.O=C(O)/C=C\C(=O)O. The number of rotatable bonds is 18. The number of carbonyl (C=O) groups is 8. The van der Waals surface area contributed by atoms with E-state index in [4.69, 9.17) is 40.1 Å². The summed E-state index contributed by atoms with van der Waals surface area (Å²) < 4.78 is 10.4. The van der Waals surface area contributed by atoms with Crippen molar-refractivity contribution in [1.29, 1.82) is 0 Å². The highest BCUT2D eigenvalue weighted by molar-refractivity contribution is 5.96. The summed E-state index contributed by atoms with van der Waals surface area (Å²) in [6.07, 6.45) is 12.5. The highest BCUT2D eigenvalue weighted by Crippen LogP contribution is 2.19. The zero-order valence-electron chi connectivity index (χ0n) is 37.7. The fourth-order valence-corrected chi connectivity index (χ4v) is 5.89. The average molecular weight is 933 g/mol. The number of amides is 2. The summed E-state index contributed by atoms with van der Waals surface area (Å²) in [7, 11) is 3.04. The van der Waals surface area contributed by atoms with Gasteiger partial charge in [0.25, 0.3) is 11.8 Å². The van der Waals surface area contributed by atoms with Crippen molar-refractivity contribution >= 4 is 47.6 Å². The molecule has 0 saturated carbocycles. The number of aliphatic carboxylic acids is 6. The minimum Gasteiger partial charge on any atom is -0.480 e. The van der Waals surface area contributed by atoms with E-state index in [9.17, 15) is 38.4 Å². The van der Waals surface area contributed by atoms with Crippen LogP contribution in [0.25, 0.3) is 0 Å². The topological polar surface area (TPSA) is 358 Å². The number of nitrogens with zero attached hydrogens (tertiary/aromatic N) is 6. The van der Waals surface area contributed by atoms with Crippen LogP contribution in [0.3, 0.4) is 0 Å². The first kappa shape index (κ1) is 58.7. The summed E-state index contributed by atoms with van der Waals surface area (Å²) in [6.45, 7) is 13.8. The number of carbonyl (C=O) groups excluding carboxylic acids is 2. The minimum absolute atomic E-state index is 0.169. The van der Waals surface area contributed by atoms with Crippen molar-refractivity contribution < 1.29 is 78.5 Å². The molecule has 4 rings (SSSR count). The molecule has 0 bridgehead atoms. The number of aromatic nitrogens is 4. The molecule has 0 spiro atoms. The van der Waals surface area contributed by atoms with E-state index in [-0.39, 0.29) is 11.8 Å². The molecule has 2 aromatic heterocycles. The number of likely N-dealkylation sites (N-methyl/N-ethyl adjacent to an activating group) is 2. The summed E-state index contributed by atoms with van der Waals surface area (Å²) in [5.74, 6) is -5.83. The lowest BCUT2D eigenvalue weighted by Gasteiger charge is -2.22. The molecule has 2 fully saturated rings. The van der Waals surface area contributed by atoms with Crippen LogP contribution >= 0.6 is 0 Å². The minimum atomic E-state index is -1.26. The molecular weight excluding hydrogens is 873 g/mol. The van der Waals surface area contributed by atoms with Crippen LogP contribution in [0.4, 0.5) is 0 Å². The van der Waals surface area contributed by atoms with E-state index >= 15 is 0 Å². The smallest absolute Gasteiger partial charge is 0.328 e. The number of nitrogens with one attached hydrogen (secondary N) is 2. The average Bonchev–Trinajstić information content (AvgIpc) is 3.97. The van der Waals surface area contributed by atoms with Crippen LogP contribution in [0.1, 0.15) is 85.7 Å². The molecule has 2 aliphatic rings. The van der Waals surface area contributed by atoms with Crippen molar-refractivity contribution in [2.24, 2.45) is 0 Å². The molecule has 2 aromatic rings. The van der Waals surface area contributed by atoms with Gasteiger partial charge < -0.3 is 50.7 Å². The number of hydrogen-bond acceptors (Lipinski definition) is 16. The molecule has 8 N–H and O–H groups in total. The molecule has 2 aliphatic heterocycles. The first-order valence-corrected chi connectivity index (χ1v) is 20.5. The second kappa shape index (κ2) is 33.2. The maximum Gasteiger partial charge on any atom is 0.328 e. The second-order valence-electron chi connectivity index (χ2n) is 13.4. The van der Waals surface area contributed by atoms with E-state index in [1.54, 1.807) is 12.4 Å². The number of hydrogen-bond donors (Lipinski definition) is 8. The second-order valence-corrected chi connectivity index (χ2v) is 13.4. The van der Waals surface area contributed by atoms with Crippen LogP contribution < -0.4 is 20.1 Å². The predicted octanol–water partition coefficient (Wildman–Crippen LogP) is 1.66. The van der Waals surface area contributed by atoms with Gasteiger partial charge in [-0.2, -0.15) is 9.97 Å². The van der Waals surface area contributed by atoms with Crippen molar-refractivity contribution in [3.8, 4) is 11.8 Å². The van der Waals surface area contributed by atoms with Crippen molar-refractivity contribution in [2.75, 3.05) is 53.5 Å².